The molecule has 0 fully saturated rings. The summed E-state index contributed by atoms with van der Waals surface area (Å²) in [6.45, 7) is 4.70. The molecule has 5 aromatic rings. The molecule has 156 valence electrons. The molecule has 3 heterocycles. The lowest BCUT2D eigenvalue weighted by Crippen LogP contribution is -2.07. The molecule has 4 nitrogen and oxygen atoms in total. The zero-order valence-corrected chi connectivity index (χ0v) is 18.7. The highest BCUT2D eigenvalue weighted by molar-refractivity contribution is 7.22. The molecule has 0 aliphatic rings. The highest BCUT2D eigenvalue weighted by Crippen LogP contribution is 2.36. The summed E-state index contributed by atoms with van der Waals surface area (Å²) in [5.41, 5.74) is 5.81. The van der Waals surface area contributed by atoms with Crippen LogP contribution in [-0.2, 0) is 6.42 Å². The van der Waals surface area contributed by atoms with Gasteiger partial charge in [0.2, 0.25) is 0 Å². The second kappa shape index (κ2) is 7.94. The predicted molar refractivity (Wildman–Crippen MR) is 128 cm³/mol. The summed E-state index contributed by atoms with van der Waals surface area (Å²) in [6.07, 6.45) is 2.34. The quantitative estimate of drug-likeness (QED) is 0.306. The van der Waals surface area contributed by atoms with Gasteiger partial charge in [0.1, 0.15) is 18.0 Å². The topological polar surface area (TPSA) is 53.6 Å². The minimum Gasteiger partial charge on any atom is -0.368 e. The van der Waals surface area contributed by atoms with Gasteiger partial charge in [-0.25, -0.2) is 14.4 Å². The highest BCUT2D eigenvalue weighted by atomic mass is 35.5. The number of rotatable bonds is 5. The van der Waals surface area contributed by atoms with Gasteiger partial charge >= 0.3 is 0 Å². The van der Waals surface area contributed by atoms with Gasteiger partial charge < -0.3 is 10.3 Å². The summed E-state index contributed by atoms with van der Waals surface area (Å²) in [5.74, 6) is 0.601. The van der Waals surface area contributed by atoms with Crippen LogP contribution in [0.2, 0.25) is 5.02 Å². The smallest absolute Gasteiger partial charge is 0.147 e. The number of anilines is 1. The van der Waals surface area contributed by atoms with Crippen LogP contribution in [0.1, 0.15) is 16.8 Å². The summed E-state index contributed by atoms with van der Waals surface area (Å²) in [5, 5.41) is 5.15. The van der Waals surface area contributed by atoms with E-state index < -0.39 is 0 Å². The average molecular weight is 451 g/mol. The Morgan fingerprint density at radius 1 is 1.10 bits per heavy atom. The van der Waals surface area contributed by atoms with Gasteiger partial charge in [0, 0.05) is 27.5 Å². The maximum atomic E-state index is 14.2. The van der Waals surface area contributed by atoms with Crippen LogP contribution >= 0.6 is 22.9 Å². The Hall–Kier alpha value is -2.96. The summed E-state index contributed by atoms with van der Waals surface area (Å²) in [6, 6.07) is 13.2. The Kier molecular flexibility index (Phi) is 5.12. The normalized spacial score (nSPS) is 11.5. The van der Waals surface area contributed by atoms with E-state index >= 15 is 0 Å². The molecule has 0 unspecified atom stereocenters. The van der Waals surface area contributed by atoms with Gasteiger partial charge in [-0.3, -0.25) is 0 Å². The lowest BCUT2D eigenvalue weighted by molar-refractivity contribution is 0.637. The van der Waals surface area contributed by atoms with Gasteiger partial charge in [0.25, 0.3) is 0 Å². The van der Waals surface area contributed by atoms with E-state index in [1.54, 1.807) is 17.7 Å². The zero-order valence-electron chi connectivity index (χ0n) is 17.1. The Morgan fingerprint density at radius 2 is 1.90 bits per heavy atom. The summed E-state index contributed by atoms with van der Waals surface area (Å²) in [4.78, 5) is 13.2. The van der Waals surface area contributed by atoms with Crippen LogP contribution in [0.15, 0.2) is 48.8 Å². The Balaban J connectivity index is 1.41. The Bertz CT molecular complexity index is 1410. The number of fused-ring (bicyclic) bond motifs is 2. The molecular weight excluding hydrogens is 431 g/mol. The van der Waals surface area contributed by atoms with E-state index in [2.05, 4.69) is 26.3 Å². The van der Waals surface area contributed by atoms with Crippen molar-refractivity contribution in [3.8, 4) is 10.4 Å². The summed E-state index contributed by atoms with van der Waals surface area (Å²) >= 11 is 7.67. The predicted octanol–water partition coefficient (Wildman–Crippen LogP) is 6.90. The first-order valence-corrected chi connectivity index (χ1v) is 11.2. The number of nitrogens with one attached hydrogen (secondary N) is 2. The van der Waals surface area contributed by atoms with E-state index in [1.807, 2.05) is 44.2 Å². The standard InChI is InChI=1S/C24H20ClFN4S/c1-13-3-8-18(26)22-21(13)17(14(2)30-22)9-10-27-24-23-19(28-12-29-24)11-20(31-23)15-4-6-16(25)7-5-15/h3-8,11-12,30H,9-10H2,1-2H3,(H,27,28,29). The number of aromatic amines is 1. The van der Waals surface area contributed by atoms with Gasteiger partial charge in [0.05, 0.1) is 15.7 Å². The van der Waals surface area contributed by atoms with Crippen LogP contribution in [-0.4, -0.2) is 21.5 Å². The molecule has 0 bridgehead atoms. The van der Waals surface area contributed by atoms with Gasteiger partial charge in [-0.2, -0.15) is 0 Å². The van der Waals surface area contributed by atoms with E-state index in [1.165, 1.54) is 6.07 Å². The largest absolute Gasteiger partial charge is 0.368 e. The first-order valence-electron chi connectivity index (χ1n) is 10.0. The van der Waals surface area contributed by atoms with E-state index in [0.29, 0.717) is 12.1 Å². The van der Waals surface area contributed by atoms with Crippen LogP contribution in [0.4, 0.5) is 10.2 Å². The molecule has 0 saturated heterocycles. The Morgan fingerprint density at radius 3 is 2.71 bits per heavy atom. The molecule has 0 radical (unpaired) electrons. The van der Waals surface area contributed by atoms with Crippen molar-refractivity contribution in [1.82, 2.24) is 15.0 Å². The number of H-pyrrole nitrogens is 1. The number of thiophene rings is 1. The fourth-order valence-electron chi connectivity index (χ4n) is 4.00. The second-order valence-electron chi connectivity index (χ2n) is 7.57. The van der Waals surface area contributed by atoms with Crippen molar-refractivity contribution in [2.24, 2.45) is 0 Å². The molecule has 0 atom stereocenters. The SMILES string of the molecule is Cc1[nH]c2c(F)ccc(C)c2c1CCNc1ncnc2cc(-c3ccc(Cl)cc3)sc12. The van der Waals surface area contributed by atoms with Crippen LogP contribution in [0.5, 0.6) is 0 Å². The molecule has 0 amide bonds. The third-order valence-electron chi connectivity index (χ3n) is 5.54. The van der Waals surface area contributed by atoms with Crippen LogP contribution in [0.25, 0.3) is 31.6 Å². The van der Waals surface area contributed by atoms with Gasteiger partial charge in [0.15, 0.2) is 0 Å². The molecule has 0 spiro atoms. The molecule has 0 saturated carbocycles. The molecule has 2 aromatic carbocycles. The maximum Gasteiger partial charge on any atom is 0.147 e. The van der Waals surface area contributed by atoms with Crippen LogP contribution in [0, 0.1) is 19.7 Å². The molecule has 7 heteroatoms. The van der Waals surface area contributed by atoms with Crippen molar-refractivity contribution in [3.05, 3.63) is 76.5 Å². The number of aromatic nitrogens is 3. The maximum absolute atomic E-state index is 14.2. The van der Waals surface area contributed by atoms with Gasteiger partial charge in [-0.1, -0.05) is 29.8 Å². The fourth-order valence-corrected chi connectivity index (χ4v) is 5.21. The zero-order chi connectivity index (χ0) is 21.5. The first-order chi connectivity index (χ1) is 15.0. The van der Waals surface area contributed by atoms with Crippen LogP contribution < -0.4 is 5.32 Å². The lowest BCUT2D eigenvalue weighted by atomic mass is 10.0. The molecular formula is C24H20ClFN4S. The summed E-state index contributed by atoms with van der Waals surface area (Å²) < 4.78 is 15.2. The van der Waals surface area contributed by atoms with E-state index in [4.69, 9.17) is 11.6 Å². The minimum atomic E-state index is -0.214. The molecule has 0 aliphatic heterocycles. The number of benzene rings is 2. The van der Waals surface area contributed by atoms with Crippen molar-refractivity contribution in [1.29, 1.82) is 0 Å². The van der Waals surface area contributed by atoms with Crippen molar-refractivity contribution < 1.29 is 4.39 Å². The van der Waals surface area contributed by atoms with Gasteiger partial charge in [-0.05, 0) is 61.2 Å². The van der Waals surface area contributed by atoms with Gasteiger partial charge in [-0.15, -0.1) is 11.3 Å². The van der Waals surface area contributed by atoms with Crippen molar-refractivity contribution in [2.75, 3.05) is 11.9 Å². The van der Waals surface area contributed by atoms with Crippen molar-refractivity contribution in [3.63, 3.8) is 0 Å². The van der Waals surface area contributed by atoms with E-state index in [9.17, 15) is 4.39 Å². The number of aryl methyl sites for hydroxylation is 2. The lowest BCUT2D eigenvalue weighted by Gasteiger charge is -2.07. The third kappa shape index (κ3) is 3.66. The minimum absolute atomic E-state index is 0.214. The fraction of sp³-hybridized carbons (Fsp3) is 0.167. The number of halogens is 2. The summed E-state index contributed by atoms with van der Waals surface area (Å²) in [7, 11) is 0. The second-order valence-corrected chi connectivity index (χ2v) is 9.06. The molecule has 3 aromatic heterocycles. The molecule has 31 heavy (non-hydrogen) atoms. The van der Waals surface area contributed by atoms with E-state index in [-0.39, 0.29) is 5.82 Å². The van der Waals surface area contributed by atoms with E-state index in [0.717, 1.165) is 60.1 Å². The molecule has 0 aliphatic carbocycles. The first kappa shape index (κ1) is 20.0. The van der Waals surface area contributed by atoms with Crippen molar-refractivity contribution >= 4 is 49.9 Å². The number of hydrogen-bond acceptors (Lipinski definition) is 4. The molecule has 2 N–H and O–H groups in total. The number of nitrogens with zero attached hydrogens (tertiary/aromatic N) is 2. The third-order valence-corrected chi connectivity index (χ3v) is 6.97. The average Bonchev–Trinajstić information content (AvgIpc) is 3.34. The number of hydrogen-bond donors (Lipinski definition) is 2. The highest BCUT2D eigenvalue weighted by Gasteiger charge is 2.15. The Labute approximate surface area is 188 Å². The van der Waals surface area contributed by atoms with Crippen LogP contribution in [0.3, 0.4) is 0 Å². The monoisotopic (exact) mass is 450 g/mol. The molecule has 5 rings (SSSR count). The van der Waals surface area contributed by atoms with Crippen molar-refractivity contribution in [2.45, 2.75) is 20.3 Å².